The zero-order valence-electron chi connectivity index (χ0n) is 15.2. The maximum absolute atomic E-state index is 9.29. The lowest BCUT2D eigenvalue weighted by Crippen LogP contribution is -2.46. The fourth-order valence-corrected chi connectivity index (χ4v) is 3.79. The SMILES string of the molecule is Cc1c(Cl)c(CN2CCN(c3ncccc3C#N)CC2)nc2ccccc12. The first-order valence-corrected chi connectivity index (χ1v) is 9.41. The summed E-state index contributed by atoms with van der Waals surface area (Å²) in [7, 11) is 0. The lowest BCUT2D eigenvalue weighted by molar-refractivity contribution is 0.247. The maximum atomic E-state index is 9.29. The van der Waals surface area contributed by atoms with Crippen molar-refractivity contribution in [3.8, 4) is 6.07 Å². The number of nitriles is 1. The lowest BCUT2D eigenvalue weighted by Gasteiger charge is -2.35. The monoisotopic (exact) mass is 377 g/mol. The van der Waals surface area contributed by atoms with Crippen LogP contribution >= 0.6 is 11.6 Å². The predicted octanol–water partition coefficient (Wildman–Crippen LogP) is 3.79. The summed E-state index contributed by atoms with van der Waals surface area (Å²) in [5.74, 6) is 0.775. The highest BCUT2D eigenvalue weighted by Gasteiger charge is 2.22. The Morgan fingerprint density at radius 1 is 1.11 bits per heavy atom. The number of hydrogen-bond donors (Lipinski definition) is 0. The van der Waals surface area contributed by atoms with E-state index in [0.717, 1.165) is 65.7 Å². The molecular weight excluding hydrogens is 358 g/mol. The van der Waals surface area contributed by atoms with Crippen LogP contribution in [0.25, 0.3) is 10.9 Å². The topological polar surface area (TPSA) is 56.0 Å². The molecule has 1 aromatic carbocycles. The molecule has 0 aliphatic carbocycles. The van der Waals surface area contributed by atoms with Crippen molar-refractivity contribution in [2.24, 2.45) is 0 Å². The number of aryl methyl sites for hydroxylation is 1. The zero-order valence-corrected chi connectivity index (χ0v) is 15.9. The van der Waals surface area contributed by atoms with Gasteiger partial charge in [0.05, 0.1) is 21.8 Å². The number of piperazine rings is 1. The number of anilines is 1. The van der Waals surface area contributed by atoms with E-state index in [1.807, 2.05) is 24.3 Å². The number of fused-ring (bicyclic) bond motifs is 1. The summed E-state index contributed by atoms with van der Waals surface area (Å²) in [6, 6.07) is 14.0. The minimum atomic E-state index is 0.626. The van der Waals surface area contributed by atoms with Crippen molar-refractivity contribution in [2.45, 2.75) is 13.5 Å². The fourth-order valence-electron chi connectivity index (χ4n) is 3.59. The van der Waals surface area contributed by atoms with Crippen LogP contribution < -0.4 is 4.90 Å². The van der Waals surface area contributed by atoms with Crippen LogP contribution in [0.15, 0.2) is 42.6 Å². The fraction of sp³-hybridized carbons (Fsp3) is 0.286. The van der Waals surface area contributed by atoms with Gasteiger partial charge in [0, 0.05) is 44.3 Å². The standard InChI is InChI=1S/C21H20ClN5/c1-15-17-6-2-3-7-18(17)25-19(20(15)22)14-26-9-11-27(12-10-26)21-16(13-23)5-4-8-24-21/h2-8H,9-12,14H2,1H3. The number of halogens is 1. The number of para-hydroxylation sites is 1. The van der Waals surface area contributed by atoms with E-state index in [9.17, 15) is 5.26 Å². The molecule has 6 heteroatoms. The van der Waals surface area contributed by atoms with Crippen LogP contribution in [0.2, 0.25) is 5.02 Å². The average Bonchev–Trinajstić information content (AvgIpc) is 2.72. The summed E-state index contributed by atoms with van der Waals surface area (Å²) in [6.45, 7) is 6.20. The first kappa shape index (κ1) is 17.7. The third-order valence-electron chi connectivity index (χ3n) is 5.10. The van der Waals surface area contributed by atoms with Crippen LogP contribution in [0, 0.1) is 18.3 Å². The van der Waals surface area contributed by atoms with E-state index in [4.69, 9.17) is 16.6 Å². The first-order valence-electron chi connectivity index (χ1n) is 9.03. The molecule has 1 aliphatic rings. The van der Waals surface area contributed by atoms with Gasteiger partial charge in [0.2, 0.25) is 0 Å². The van der Waals surface area contributed by atoms with E-state index >= 15 is 0 Å². The Morgan fingerprint density at radius 2 is 1.89 bits per heavy atom. The zero-order chi connectivity index (χ0) is 18.8. The van der Waals surface area contributed by atoms with Crippen LogP contribution in [0.4, 0.5) is 5.82 Å². The second kappa shape index (κ2) is 7.51. The van der Waals surface area contributed by atoms with E-state index < -0.39 is 0 Å². The molecule has 136 valence electrons. The molecule has 0 N–H and O–H groups in total. The van der Waals surface area contributed by atoms with Crippen LogP contribution in [0.3, 0.4) is 0 Å². The Hall–Kier alpha value is -2.68. The van der Waals surface area contributed by atoms with Gasteiger partial charge in [-0.05, 0) is 30.7 Å². The van der Waals surface area contributed by atoms with Gasteiger partial charge in [0.15, 0.2) is 0 Å². The first-order chi connectivity index (χ1) is 13.2. The van der Waals surface area contributed by atoms with Gasteiger partial charge in [0.1, 0.15) is 11.9 Å². The van der Waals surface area contributed by atoms with Crippen molar-refractivity contribution in [3.63, 3.8) is 0 Å². The highest BCUT2D eigenvalue weighted by Crippen LogP contribution is 2.28. The van der Waals surface area contributed by atoms with E-state index in [2.05, 4.69) is 33.8 Å². The number of pyridine rings is 2. The molecule has 27 heavy (non-hydrogen) atoms. The normalized spacial score (nSPS) is 15.1. The number of hydrogen-bond acceptors (Lipinski definition) is 5. The maximum Gasteiger partial charge on any atom is 0.146 e. The van der Waals surface area contributed by atoms with Gasteiger partial charge in [-0.1, -0.05) is 29.8 Å². The molecule has 3 heterocycles. The average molecular weight is 378 g/mol. The van der Waals surface area contributed by atoms with Crippen LogP contribution in [-0.4, -0.2) is 41.0 Å². The van der Waals surface area contributed by atoms with Gasteiger partial charge in [-0.25, -0.2) is 9.97 Å². The van der Waals surface area contributed by atoms with Crippen molar-refractivity contribution >= 4 is 28.3 Å². The van der Waals surface area contributed by atoms with Crippen LogP contribution in [0.5, 0.6) is 0 Å². The molecule has 0 saturated carbocycles. The van der Waals surface area contributed by atoms with E-state index in [1.165, 1.54) is 0 Å². The number of rotatable bonds is 3. The lowest BCUT2D eigenvalue weighted by atomic mass is 10.1. The van der Waals surface area contributed by atoms with E-state index in [0.29, 0.717) is 5.56 Å². The molecule has 0 amide bonds. The number of aromatic nitrogens is 2. The molecule has 2 aromatic heterocycles. The van der Waals surface area contributed by atoms with Gasteiger partial charge in [-0.2, -0.15) is 5.26 Å². The van der Waals surface area contributed by atoms with Gasteiger partial charge in [-0.3, -0.25) is 4.90 Å². The molecule has 5 nitrogen and oxygen atoms in total. The van der Waals surface area contributed by atoms with Gasteiger partial charge < -0.3 is 4.90 Å². The molecule has 1 aliphatic heterocycles. The van der Waals surface area contributed by atoms with Gasteiger partial charge in [0.25, 0.3) is 0 Å². The Morgan fingerprint density at radius 3 is 2.67 bits per heavy atom. The second-order valence-electron chi connectivity index (χ2n) is 6.76. The molecular formula is C21H20ClN5. The highest BCUT2D eigenvalue weighted by molar-refractivity contribution is 6.32. The Bertz CT molecular complexity index is 1020. The molecule has 4 rings (SSSR count). The minimum absolute atomic E-state index is 0.626. The van der Waals surface area contributed by atoms with Crippen LogP contribution in [-0.2, 0) is 6.54 Å². The molecule has 0 spiro atoms. The van der Waals surface area contributed by atoms with Crippen molar-refractivity contribution in [1.82, 2.24) is 14.9 Å². The summed E-state index contributed by atoms with van der Waals surface area (Å²) in [5, 5.41) is 11.2. The van der Waals surface area contributed by atoms with Gasteiger partial charge >= 0.3 is 0 Å². The number of benzene rings is 1. The third-order valence-corrected chi connectivity index (χ3v) is 5.60. The van der Waals surface area contributed by atoms with Crippen molar-refractivity contribution in [1.29, 1.82) is 5.26 Å². The van der Waals surface area contributed by atoms with Crippen molar-refractivity contribution in [2.75, 3.05) is 31.1 Å². The third kappa shape index (κ3) is 3.46. The molecule has 0 bridgehead atoms. The number of nitrogens with zero attached hydrogens (tertiary/aromatic N) is 5. The smallest absolute Gasteiger partial charge is 0.146 e. The highest BCUT2D eigenvalue weighted by atomic mass is 35.5. The van der Waals surface area contributed by atoms with E-state index in [-0.39, 0.29) is 0 Å². The summed E-state index contributed by atoms with van der Waals surface area (Å²) < 4.78 is 0. The summed E-state index contributed by atoms with van der Waals surface area (Å²) in [5.41, 5.74) is 3.63. The molecule has 0 radical (unpaired) electrons. The Balaban J connectivity index is 1.49. The summed E-state index contributed by atoms with van der Waals surface area (Å²) in [6.07, 6.45) is 1.74. The Kier molecular flexibility index (Phi) is 4.93. The molecule has 1 fully saturated rings. The summed E-state index contributed by atoms with van der Waals surface area (Å²) in [4.78, 5) is 13.7. The molecule has 1 saturated heterocycles. The predicted molar refractivity (Wildman–Crippen MR) is 108 cm³/mol. The van der Waals surface area contributed by atoms with Crippen LogP contribution in [0.1, 0.15) is 16.8 Å². The molecule has 0 atom stereocenters. The molecule has 0 unspecified atom stereocenters. The quantitative estimate of drug-likeness (QED) is 0.695. The second-order valence-corrected chi connectivity index (χ2v) is 7.14. The Labute approximate surface area is 163 Å². The van der Waals surface area contributed by atoms with Crippen molar-refractivity contribution in [3.05, 3.63) is 64.4 Å². The van der Waals surface area contributed by atoms with Gasteiger partial charge in [-0.15, -0.1) is 0 Å². The van der Waals surface area contributed by atoms with E-state index in [1.54, 1.807) is 12.3 Å². The van der Waals surface area contributed by atoms with Crippen molar-refractivity contribution < 1.29 is 0 Å². The molecule has 3 aromatic rings. The summed E-state index contributed by atoms with van der Waals surface area (Å²) >= 11 is 6.61. The largest absolute Gasteiger partial charge is 0.353 e. The minimum Gasteiger partial charge on any atom is -0.353 e.